The third kappa shape index (κ3) is 6.87. The molecule has 8 nitrogen and oxygen atoms in total. The van der Waals surface area contributed by atoms with Gasteiger partial charge in [-0.25, -0.2) is 13.6 Å². The quantitative estimate of drug-likeness (QED) is 0.558. The number of nitrogens with zero attached hydrogens (tertiary/aromatic N) is 2. The van der Waals surface area contributed by atoms with Crippen molar-refractivity contribution in [3.05, 3.63) is 35.9 Å². The van der Waals surface area contributed by atoms with Crippen molar-refractivity contribution in [2.75, 3.05) is 27.3 Å². The number of carbonyl (C=O) groups excluding carboxylic acids is 1. The second kappa shape index (κ2) is 11.7. The lowest BCUT2D eigenvalue weighted by Gasteiger charge is -2.33. The lowest BCUT2D eigenvalue weighted by atomic mass is 9.83. The molecule has 11 heteroatoms. The third-order valence-electron chi connectivity index (χ3n) is 6.66. The Kier molecular flexibility index (Phi) is 9.25. The van der Waals surface area contributed by atoms with Crippen molar-refractivity contribution in [3.63, 3.8) is 0 Å². The van der Waals surface area contributed by atoms with E-state index in [1.54, 1.807) is 6.92 Å². The summed E-state index contributed by atoms with van der Waals surface area (Å²) in [5.41, 5.74) is 1.32. The van der Waals surface area contributed by atoms with Gasteiger partial charge in [-0.2, -0.15) is 17.4 Å². The van der Waals surface area contributed by atoms with E-state index in [0.717, 1.165) is 30.0 Å². The summed E-state index contributed by atoms with van der Waals surface area (Å²) in [5, 5.41) is 0. The first-order valence-corrected chi connectivity index (χ1v) is 13.1. The molecule has 1 saturated carbocycles. The SMILES string of the molecule is C[C@@H]1C[C@H](NS(=O)(=O)N(C)C)[C@H](COC2CCC(c3ccccc3)CC2)N1C(=O)OCC(F)F. The Morgan fingerprint density at radius 3 is 2.41 bits per heavy atom. The zero-order valence-corrected chi connectivity index (χ0v) is 20.7. The van der Waals surface area contributed by atoms with Crippen molar-refractivity contribution in [1.82, 2.24) is 13.9 Å². The second-order valence-electron chi connectivity index (χ2n) is 9.26. The minimum atomic E-state index is -3.76. The van der Waals surface area contributed by atoms with Gasteiger partial charge in [0.1, 0.15) is 0 Å². The standard InChI is InChI=1S/C23H35F2N3O5S/c1-16-13-20(26-34(30,31)27(2)3)21(28(16)23(29)33-15-22(24)25)14-32-19-11-9-18(10-12-19)17-7-5-4-6-8-17/h4-8,16,18-22,26H,9-15H2,1-3H3/t16-,18?,19?,20+,21+/m1/s1. The smallest absolute Gasteiger partial charge is 0.410 e. The van der Waals surface area contributed by atoms with E-state index < -0.39 is 47.5 Å². The molecule has 1 amide bonds. The second-order valence-corrected chi connectivity index (χ2v) is 11.2. The van der Waals surface area contributed by atoms with Crippen LogP contribution in [0.1, 0.15) is 50.5 Å². The summed E-state index contributed by atoms with van der Waals surface area (Å²) < 4.78 is 64.7. The highest BCUT2D eigenvalue weighted by atomic mass is 32.2. The fourth-order valence-electron chi connectivity index (χ4n) is 4.83. The van der Waals surface area contributed by atoms with Crippen molar-refractivity contribution in [2.45, 2.75) is 75.6 Å². The maximum absolute atomic E-state index is 12.6. The molecule has 1 aliphatic heterocycles. The van der Waals surface area contributed by atoms with E-state index in [4.69, 9.17) is 9.47 Å². The Bertz CT molecular complexity index is 895. The van der Waals surface area contributed by atoms with E-state index in [2.05, 4.69) is 16.9 Å². The van der Waals surface area contributed by atoms with Crippen LogP contribution in [0.15, 0.2) is 30.3 Å². The summed E-state index contributed by atoms with van der Waals surface area (Å²) in [6, 6.07) is 8.66. The molecule has 3 rings (SSSR count). The van der Waals surface area contributed by atoms with Gasteiger partial charge < -0.3 is 9.47 Å². The molecule has 0 spiro atoms. The molecule has 0 unspecified atom stereocenters. The Balaban J connectivity index is 1.65. The van der Waals surface area contributed by atoms with Crippen LogP contribution in [0.5, 0.6) is 0 Å². The van der Waals surface area contributed by atoms with Crippen molar-refractivity contribution >= 4 is 16.3 Å². The number of halogens is 2. The number of hydrogen-bond acceptors (Lipinski definition) is 5. The van der Waals surface area contributed by atoms with Gasteiger partial charge in [-0.1, -0.05) is 30.3 Å². The molecule has 1 aromatic carbocycles. The van der Waals surface area contributed by atoms with Crippen LogP contribution in [0.25, 0.3) is 0 Å². The van der Waals surface area contributed by atoms with Crippen LogP contribution in [0.3, 0.4) is 0 Å². The van der Waals surface area contributed by atoms with E-state index in [9.17, 15) is 22.0 Å². The Morgan fingerprint density at radius 2 is 1.82 bits per heavy atom. The molecule has 0 radical (unpaired) electrons. The summed E-state index contributed by atoms with van der Waals surface area (Å²) in [4.78, 5) is 13.9. The average molecular weight is 504 g/mol. The van der Waals surface area contributed by atoms with Gasteiger partial charge in [-0.15, -0.1) is 0 Å². The Morgan fingerprint density at radius 1 is 1.18 bits per heavy atom. The van der Waals surface area contributed by atoms with Gasteiger partial charge in [0.25, 0.3) is 16.6 Å². The lowest BCUT2D eigenvalue weighted by Crippen LogP contribution is -2.52. The molecule has 1 aliphatic carbocycles. The minimum Gasteiger partial charge on any atom is -0.443 e. The summed E-state index contributed by atoms with van der Waals surface area (Å²) in [6.45, 7) is 0.828. The van der Waals surface area contributed by atoms with Crippen LogP contribution in [0.2, 0.25) is 0 Å². The van der Waals surface area contributed by atoms with Crippen molar-refractivity contribution in [2.24, 2.45) is 0 Å². The normalized spacial score (nSPS) is 28.0. The van der Waals surface area contributed by atoms with Crippen LogP contribution < -0.4 is 4.72 Å². The average Bonchev–Trinajstić information content (AvgIpc) is 3.10. The van der Waals surface area contributed by atoms with E-state index in [1.165, 1.54) is 24.6 Å². The molecule has 1 saturated heterocycles. The number of rotatable bonds is 9. The summed E-state index contributed by atoms with van der Waals surface area (Å²) >= 11 is 0. The Hall–Kier alpha value is -1.82. The van der Waals surface area contributed by atoms with Crippen LogP contribution in [0, 0.1) is 0 Å². The van der Waals surface area contributed by atoms with Gasteiger partial charge in [0, 0.05) is 26.2 Å². The zero-order valence-electron chi connectivity index (χ0n) is 19.9. The van der Waals surface area contributed by atoms with Gasteiger partial charge in [-0.3, -0.25) is 4.90 Å². The first-order valence-electron chi connectivity index (χ1n) is 11.7. The summed E-state index contributed by atoms with van der Waals surface area (Å²) in [7, 11) is -0.947. The molecular formula is C23H35F2N3O5S. The van der Waals surface area contributed by atoms with E-state index in [0.29, 0.717) is 12.3 Å². The molecule has 2 aliphatic rings. The maximum atomic E-state index is 12.6. The number of benzene rings is 1. The van der Waals surface area contributed by atoms with Gasteiger partial charge in [0.2, 0.25) is 0 Å². The number of nitrogens with one attached hydrogen (secondary N) is 1. The highest BCUT2D eigenvalue weighted by molar-refractivity contribution is 7.87. The zero-order chi connectivity index (χ0) is 24.9. The largest absolute Gasteiger partial charge is 0.443 e. The lowest BCUT2D eigenvalue weighted by molar-refractivity contribution is -0.0171. The van der Waals surface area contributed by atoms with Crippen molar-refractivity contribution in [3.8, 4) is 0 Å². The molecule has 1 N–H and O–H groups in total. The monoisotopic (exact) mass is 503 g/mol. The number of likely N-dealkylation sites (tertiary alicyclic amines) is 1. The molecule has 2 fully saturated rings. The van der Waals surface area contributed by atoms with Gasteiger partial charge in [0.05, 0.1) is 18.8 Å². The number of alkyl halides is 2. The number of hydrogen-bond donors (Lipinski definition) is 1. The van der Waals surface area contributed by atoms with Gasteiger partial charge in [-0.05, 0) is 50.5 Å². The molecule has 3 atom stereocenters. The maximum Gasteiger partial charge on any atom is 0.410 e. The predicted molar refractivity (Wildman–Crippen MR) is 124 cm³/mol. The first kappa shape index (κ1) is 26.8. The predicted octanol–water partition coefficient (Wildman–Crippen LogP) is 3.36. The fourth-order valence-corrected chi connectivity index (χ4v) is 5.67. The summed E-state index contributed by atoms with van der Waals surface area (Å²) in [5.74, 6) is 0.480. The molecule has 1 heterocycles. The third-order valence-corrected chi connectivity index (χ3v) is 8.23. The van der Waals surface area contributed by atoms with Crippen molar-refractivity contribution < 1.29 is 31.5 Å². The molecule has 192 valence electrons. The fraction of sp³-hybridized carbons (Fsp3) is 0.696. The van der Waals surface area contributed by atoms with Gasteiger partial charge >= 0.3 is 6.09 Å². The van der Waals surface area contributed by atoms with E-state index in [-0.39, 0.29) is 12.7 Å². The molecule has 0 bridgehead atoms. The van der Waals surface area contributed by atoms with Crippen LogP contribution in [-0.2, 0) is 19.7 Å². The molecule has 1 aromatic rings. The van der Waals surface area contributed by atoms with E-state index in [1.807, 2.05) is 18.2 Å². The topological polar surface area (TPSA) is 88.2 Å². The van der Waals surface area contributed by atoms with Crippen LogP contribution >= 0.6 is 0 Å². The highest BCUT2D eigenvalue weighted by Crippen LogP contribution is 2.35. The first-order chi connectivity index (χ1) is 16.1. The molecule has 0 aromatic heterocycles. The van der Waals surface area contributed by atoms with Crippen LogP contribution in [-0.4, -0.2) is 81.7 Å². The summed E-state index contributed by atoms with van der Waals surface area (Å²) in [6.07, 6.45) is 0.309. The minimum absolute atomic E-state index is 0.0130. The van der Waals surface area contributed by atoms with E-state index >= 15 is 0 Å². The number of carbonyl (C=O) groups is 1. The van der Waals surface area contributed by atoms with Crippen molar-refractivity contribution in [1.29, 1.82) is 0 Å². The Labute approximate surface area is 200 Å². The highest BCUT2D eigenvalue weighted by Gasteiger charge is 2.45. The molecule has 34 heavy (non-hydrogen) atoms. The number of amides is 1. The van der Waals surface area contributed by atoms with Gasteiger partial charge in [0.15, 0.2) is 6.61 Å². The van der Waals surface area contributed by atoms with Crippen LogP contribution in [0.4, 0.5) is 13.6 Å². The molecular weight excluding hydrogens is 468 g/mol. The number of ether oxygens (including phenoxy) is 2.